The summed E-state index contributed by atoms with van der Waals surface area (Å²) in [6.07, 6.45) is 3.37. The number of carboxylic acid groups (broad SMARTS) is 1. The van der Waals surface area contributed by atoms with Gasteiger partial charge in [0, 0.05) is 39.6 Å². The molecule has 0 aromatic carbocycles. The highest BCUT2D eigenvalue weighted by atomic mass is 16.4. The van der Waals surface area contributed by atoms with Gasteiger partial charge in [-0.15, -0.1) is 0 Å². The van der Waals surface area contributed by atoms with Crippen LogP contribution in [0.4, 0.5) is 4.79 Å². The highest BCUT2D eigenvalue weighted by molar-refractivity contribution is 5.75. The maximum atomic E-state index is 12.0. The van der Waals surface area contributed by atoms with Crippen LogP contribution in [0.3, 0.4) is 0 Å². The Balaban J connectivity index is 2.54. The van der Waals surface area contributed by atoms with Crippen LogP contribution in [0.2, 0.25) is 0 Å². The van der Waals surface area contributed by atoms with E-state index in [4.69, 9.17) is 5.11 Å². The summed E-state index contributed by atoms with van der Waals surface area (Å²) in [5, 5.41) is 8.83. The highest BCUT2D eigenvalue weighted by Gasteiger charge is 2.19. The van der Waals surface area contributed by atoms with Crippen LogP contribution in [-0.2, 0) is 11.3 Å². The van der Waals surface area contributed by atoms with E-state index in [9.17, 15) is 9.59 Å². The molecule has 19 heavy (non-hydrogen) atoms. The predicted molar refractivity (Wildman–Crippen MR) is 70.5 cm³/mol. The summed E-state index contributed by atoms with van der Waals surface area (Å²) in [7, 11) is 3.28. The maximum Gasteiger partial charge on any atom is 0.319 e. The molecule has 104 valence electrons. The van der Waals surface area contributed by atoms with Gasteiger partial charge in [-0.25, -0.2) is 4.79 Å². The lowest BCUT2D eigenvalue weighted by Crippen LogP contribution is -2.41. The van der Waals surface area contributed by atoms with Crippen LogP contribution < -0.4 is 0 Å². The molecule has 0 saturated heterocycles. The lowest BCUT2D eigenvalue weighted by molar-refractivity contribution is -0.141. The van der Waals surface area contributed by atoms with E-state index < -0.39 is 11.9 Å². The summed E-state index contributed by atoms with van der Waals surface area (Å²) >= 11 is 0. The SMILES string of the molecule is CC(CN(C)C(=O)N(C)Cc1cccnc1)C(=O)O. The number of aromatic nitrogens is 1. The molecule has 2 amide bonds. The first-order valence-electron chi connectivity index (χ1n) is 5.99. The van der Waals surface area contributed by atoms with Gasteiger partial charge >= 0.3 is 12.0 Å². The van der Waals surface area contributed by atoms with Gasteiger partial charge < -0.3 is 14.9 Å². The van der Waals surface area contributed by atoms with Crippen molar-refractivity contribution >= 4 is 12.0 Å². The fourth-order valence-electron chi connectivity index (χ4n) is 1.69. The van der Waals surface area contributed by atoms with E-state index >= 15 is 0 Å². The summed E-state index contributed by atoms with van der Waals surface area (Å²) in [6, 6.07) is 3.48. The zero-order valence-corrected chi connectivity index (χ0v) is 11.4. The number of nitrogens with zero attached hydrogens (tertiary/aromatic N) is 3. The van der Waals surface area contributed by atoms with Crippen molar-refractivity contribution in [2.24, 2.45) is 5.92 Å². The Morgan fingerprint density at radius 1 is 1.37 bits per heavy atom. The number of carboxylic acids is 1. The largest absolute Gasteiger partial charge is 0.481 e. The number of pyridine rings is 1. The first-order valence-corrected chi connectivity index (χ1v) is 5.99. The second-order valence-corrected chi connectivity index (χ2v) is 4.62. The van der Waals surface area contributed by atoms with Gasteiger partial charge in [0.25, 0.3) is 0 Å². The Kier molecular flexibility index (Phi) is 5.29. The second-order valence-electron chi connectivity index (χ2n) is 4.62. The molecule has 1 aromatic rings. The Labute approximate surface area is 112 Å². The zero-order valence-electron chi connectivity index (χ0n) is 11.4. The number of urea groups is 1. The third-order valence-corrected chi connectivity index (χ3v) is 2.76. The van der Waals surface area contributed by atoms with E-state index in [-0.39, 0.29) is 12.6 Å². The van der Waals surface area contributed by atoms with Crippen molar-refractivity contribution < 1.29 is 14.7 Å². The molecular formula is C13H19N3O3. The van der Waals surface area contributed by atoms with Crippen LogP contribution in [0.25, 0.3) is 0 Å². The van der Waals surface area contributed by atoms with E-state index in [2.05, 4.69) is 4.98 Å². The van der Waals surface area contributed by atoms with E-state index in [1.165, 1.54) is 9.80 Å². The van der Waals surface area contributed by atoms with E-state index in [0.717, 1.165) is 5.56 Å². The minimum Gasteiger partial charge on any atom is -0.481 e. The Bertz CT molecular complexity index is 436. The van der Waals surface area contributed by atoms with Gasteiger partial charge in [0.15, 0.2) is 0 Å². The molecule has 0 spiro atoms. The van der Waals surface area contributed by atoms with Gasteiger partial charge in [-0.1, -0.05) is 13.0 Å². The molecule has 1 aromatic heterocycles. The second kappa shape index (κ2) is 6.72. The summed E-state index contributed by atoms with van der Waals surface area (Å²) < 4.78 is 0. The number of hydrogen-bond acceptors (Lipinski definition) is 3. The molecular weight excluding hydrogens is 246 g/mol. The molecule has 0 fully saturated rings. The smallest absolute Gasteiger partial charge is 0.319 e. The van der Waals surface area contributed by atoms with Crippen LogP contribution in [0.15, 0.2) is 24.5 Å². The van der Waals surface area contributed by atoms with Crippen molar-refractivity contribution in [3.8, 4) is 0 Å². The van der Waals surface area contributed by atoms with Gasteiger partial charge in [0.05, 0.1) is 5.92 Å². The third-order valence-electron chi connectivity index (χ3n) is 2.76. The third kappa shape index (κ3) is 4.57. The topological polar surface area (TPSA) is 73.7 Å². The number of aliphatic carboxylic acids is 1. The molecule has 6 heteroatoms. The van der Waals surface area contributed by atoms with Gasteiger partial charge in [0.1, 0.15) is 0 Å². The van der Waals surface area contributed by atoms with Gasteiger partial charge in [-0.2, -0.15) is 0 Å². The maximum absolute atomic E-state index is 12.0. The highest BCUT2D eigenvalue weighted by Crippen LogP contribution is 2.05. The van der Waals surface area contributed by atoms with Gasteiger partial charge in [-0.05, 0) is 11.6 Å². The summed E-state index contributed by atoms with van der Waals surface area (Å²) in [6.45, 7) is 2.21. The molecule has 0 aliphatic heterocycles. The molecule has 1 heterocycles. The number of rotatable bonds is 5. The molecule has 1 atom stereocenters. The Morgan fingerprint density at radius 2 is 2.05 bits per heavy atom. The number of carbonyl (C=O) groups is 2. The van der Waals surface area contributed by atoms with Crippen LogP contribution in [0.1, 0.15) is 12.5 Å². The number of amides is 2. The van der Waals surface area contributed by atoms with Gasteiger partial charge in [-0.3, -0.25) is 9.78 Å². The number of carbonyl (C=O) groups excluding carboxylic acids is 1. The Hall–Kier alpha value is -2.11. The molecule has 1 rings (SSSR count). The minimum atomic E-state index is -0.908. The molecule has 0 aliphatic carbocycles. The average molecular weight is 265 g/mol. The predicted octanol–water partition coefficient (Wildman–Crippen LogP) is 1.29. The quantitative estimate of drug-likeness (QED) is 0.870. The van der Waals surface area contributed by atoms with Crippen LogP contribution in [0.5, 0.6) is 0 Å². The molecule has 0 radical (unpaired) electrons. The standard InChI is InChI=1S/C13H19N3O3/c1-10(12(17)18)8-15(2)13(19)16(3)9-11-5-4-6-14-7-11/h4-7,10H,8-9H2,1-3H3,(H,17,18). The molecule has 1 unspecified atom stereocenters. The molecule has 6 nitrogen and oxygen atoms in total. The van der Waals surface area contributed by atoms with Crippen molar-refractivity contribution in [3.63, 3.8) is 0 Å². The summed E-state index contributed by atoms with van der Waals surface area (Å²) in [5.41, 5.74) is 0.929. The van der Waals surface area contributed by atoms with Crippen LogP contribution in [-0.4, -0.2) is 52.5 Å². The van der Waals surface area contributed by atoms with Crippen LogP contribution >= 0.6 is 0 Å². The zero-order chi connectivity index (χ0) is 14.4. The van der Waals surface area contributed by atoms with E-state index in [1.54, 1.807) is 33.4 Å². The first kappa shape index (κ1) is 14.9. The van der Waals surface area contributed by atoms with Crippen molar-refractivity contribution in [1.82, 2.24) is 14.8 Å². The fraction of sp³-hybridized carbons (Fsp3) is 0.462. The van der Waals surface area contributed by atoms with Crippen molar-refractivity contribution in [2.75, 3.05) is 20.6 Å². The molecule has 1 N–H and O–H groups in total. The summed E-state index contributed by atoms with van der Waals surface area (Å²) in [4.78, 5) is 29.7. The summed E-state index contributed by atoms with van der Waals surface area (Å²) in [5.74, 6) is -1.49. The monoisotopic (exact) mass is 265 g/mol. The minimum absolute atomic E-state index is 0.186. The Morgan fingerprint density at radius 3 is 2.58 bits per heavy atom. The van der Waals surface area contributed by atoms with E-state index in [0.29, 0.717) is 6.54 Å². The van der Waals surface area contributed by atoms with Crippen molar-refractivity contribution in [1.29, 1.82) is 0 Å². The average Bonchev–Trinajstić information content (AvgIpc) is 2.38. The lowest BCUT2D eigenvalue weighted by atomic mass is 10.2. The van der Waals surface area contributed by atoms with E-state index in [1.807, 2.05) is 12.1 Å². The normalized spacial score (nSPS) is 11.7. The van der Waals surface area contributed by atoms with Crippen molar-refractivity contribution in [3.05, 3.63) is 30.1 Å². The van der Waals surface area contributed by atoms with Gasteiger partial charge in [0.2, 0.25) is 0 Å². The molecule has 0 aliphatic rings. The first-order chi connectivity index (χ1) is 8.91. The fourth-order valence-corrected chi connectivity index (χ4v) is 1.69. The molecule has 0 bridgehead atoms. The van der Waals surface area contributed by atoms with Crippen LogP contribution in [0, 0.1) is 5.92 Å². The van der Waals surface area contributed by atoms with Crippen molar-refractivity contribution in [2.45, 2.75) is 13.5 Å². The number of hydrogen-bond donors (Lipinski definition) is 1. The molecule has 0 saturated carbocycles. The lowest BCUT2D eigenvalue weighted by Gasteiger charge is -2.26.